The van der Waals surface area contributed by atoms with Crippen molar-refractivity contribution in [1.82, 2.24) is 5.32 Å². The van der Waals surface area contributed by atoms with Crippen molar-refractivity contribution in [3.05, 3.63) is 33.8 Å². The van der Waals surface area contributed by atoms with Gasteiger partial charge in [-0.25, -0.2) is 0 Å². The number of hydrogen-bond donors (Lipinski definition) is 1. The minimum absolute atomic E-state index is 0.0783. The van der Waals surface area contributed by atoms with Gasteiger partial charge in [0.25, 0.3) is 5.91 Å². The third-order valence-electron chi connectivity index (χ3n) is 2.96. The van der Waals surface area contributed by atoms with E-state index >= 15 is 0 Å². The molecule has 4 heteroatoms. The topological polar surface area (TPSA) is 29.1 Å². The Balaban J connectivity index is 1.94. The van der Waals surface area contributed by atoms with Crippen molar-refractivity contribution in [3.63, 3.8) is 0 Å². The van der Waals surface area contributed by atoms with Crippen LogP contribution in [0.25, 0.3) is 0 Å². The Morgan fingerprint density at radius 3 is 2.62 bits per heavy atom. The normalized spacial score (nSPS) is 15.6. The lowest BCUT2D eigenvalue weighted by Crippen LogP contribution is -2.32. The van der Waals surface area contributed by atoms with Gasteiger partial charge in [-0.2, -0.15) is 0 Å². The molecule has 0 unspecified atom stereocenters. The number of carbonyl (C=O) groups excluding carboxylic acids is 1. The monoisotopic (exact) mass is 257 g/mol. The summed E-state index contributed by atoms with van der Waals surface area (Å²) >= 11 is 11.6. The predicted molar refractivity (Wildman–Crippen MR) is 66.1 cm³/mol. The number of amides is 1. The van der Waals surface area contributed by atoms with E-state index in [2.05, 4.69) is 5.32 Å². The Morgan fingerprint density at radius 1 is 1.31 bits per heavy atom. The maximum Gasteiger partial charge on any atom is 0.251 e. The molecule has 0 saturated heterocycles. The van der Waals surface area contributed by atoms with E-state index in [1.807, 2.05) is 0 Å². The summed E-state index contributed by atoms with van der Waals surface area (Å²) in [5, 5.41) is 3.79. The zero-order valence-corrected chi connectivity index (χ0v) is 10.3. The molecule has 0 aliphatic heterocycles. The van der Waals surface area contributed by atoms with Crippen LogP contribution in [-0.2, 0) is 0 Å². The van der Waals surface area contributed by atoms with Gasteiger partial charge in [0.2, 0.25) is 0 Å². The molecule has 2 nitrogen and oxygen atoms in total. The first-order valence-corrected chi connectivity index (χ1v) is 6.15. The third-order valence-corrected chi connectivity index (χ3v) is 3.70. The van der Waals surface area contributed by atoms with E-state index in [-0.39, 0.29) is 5.91 Å². The Kier molecular flexibility index (Phi) is 3.72. The highest BCUT2D eigenvalue weighted by atomic mass is 35.5. The molecule has 0 aromatic heterocycles. The Morgan fingerprint density at radius 2 is 2.06 bits per heavy atom. The molecule has 0 spiro atoms. The molecule has 0 atom stereocenters. The van der Waals surface area contributed by atoms with E-state index in [1.165, 1.54) is 19.3 Å². The molecule has 1 aromatic rings. The number of halogens is 2. The first kappa shape index (κ1) is 11.7. The van der Waals surface area contributed by atoms with E-state index in [0.29, 0.717) is 21.5 Å². The van der Waals surface area contributed by atoms with Crippen LogP contribution in [0.5, 0.6) is 0 Å². The van der Waals surface area contributed by atoms with Gasteiger partial charge >= 0.3 is 0 Å². The molecule has 0 bridgehead atoms. The van der Waals surface area contributed by atoms with Crippen molar-refractivity contribution in [1.29, 1.82) is 0 Å². The molecule has 2 rings (SSSR count). The summed E-state index contributed by atoms with van der Waals surface area (Å²) in [7, 11) is 0. The first-order valence-electron chi connectivity index (χ1n) is 5.40. The quantitative estimate of drug-likeness (QED) is 0.882. The van der Waals surface area contributed by atoms with Gasteiger partial charge in [0.15, 0.2) is 0 Å². The van der Waals surface area contributed by atoms with Crippen LogP contribution in [0.4, 0.5) is 0 Å². The Hall–Kier alpha value is -0.730. The highest BCUT2D eigenvalue weighted by molar-refractivity contribution is 6.42. The number of benzene rings is 1. The largest absolute Gasteiger partial charge is 0.352 e. The van der Waals surface area contributed by atoms with Crippen molar-refractivity contribution in [2.45, 2.75) is 19.3 Å². The third kappa shape index (κ3) is 2.69. The second kappa shape index (κ2) is 5.07. The summed E-state index contributed by atoms with van der Waals surface area (Å²) in [5.74, 6) is 0.581. The fraction of sp³-hybridized carbons (Fsp3) is 0.417. The van der Waals surface area contributed by atoms with Crippen LogP contribution in [0.1, 0.15) is 29.6 Å². The lowest BCUT2D eigenvalue weighted by atomic mass is 9.85. The first-order chi connectivity index (χ1) is 7.66. The summed E-state index contributed by atoms with van der Waals surface area (Å²) in [6.07, 6.45) is 3.73. The summed E-state index contributed by atoms with van der Waals surface area (Å²) < 4.78 is 0. The summed E-state index contributed by atoms with van der Waals surface area (Å²) in [5.41, 5.74) is 0.564. The zero-order valence-electron chi connectivity index (χ0n) is 8.80. The lowest BCUT2D eigenvalue weighted by molar-refractivity contribution is 0.0939. The van der Waals surface area contributed by atoms with Crippen molar-refractivity contribution in [3.8, 4) is 0 Å². The SMILES string of the molecule is O=C(NCC1CCC1)c1ccc(Cl)c(Cl)c1. The fourth-order valence-electron chi connectivity index (χ4n) is 1.67. The number of nitrogens with one attached hydrogen (secondary N) is 1. The Labute approximate surface area is 105 Å². The van der Waals surface area contributed by atoms with Crippen molar-refractivity contribution < 1.29 is 4.79 Å². The van der Waals surface area contributed by atoms with Crippen LogP contribution < -0.4 is 5.32 Å². The molecule has 1 aliphatic rings. The second-order valence-electron chi connectivity index (χ2n) is 4.14. The lowest BCUT2D eigenvalue weighted by Gasteiger charge is -2.25. The average molecular weight is 258 g/mol. The summed E-state index contributed by atoms with van der Waals surface area (Å²) in [4.78, 5) is 11.7. The van der Waals surface area contributed by atoms with E-state index in [1.54, 1.807) is 18.2 Å². The molecule has 1 fully saturated rings. The van der Waals surface area contributed by atoms with Crippen LogP contribution in [0.2, 0.25) is 10.0 Å². The number of rotatable bonds is 3. The molecule has 0 heterocycles. The van der Waals surface area contributed by atoms with E-state index in [9.17, 15) is 4.79 Å². The maximum atomic E-state index is 11.7. The zero-order chi connectivity index (χ0) is 11.5. The number of carbonyl (C=O) groups is 1. The van der Waals surface area contributed by atoms with Gasteiger partial charge in [-0.3, -0.25) is 4.79 Å². The van der Waals surface area contributed by atoms with Crippen molar-refractivity contribution in [2.24, 2.45) is 5.92 Å². The minimum Gasteiger partial charge on any atom is -0.352 e. The number of hydrogen-bond acceptors (Lipinski definition) is 1. The van der Waals surface area contributed by atoms with Gasteiger partial charge in [-0.1, -0.05) is 29.6 Å². The standard InChI is InChI=1S/C12H13Cl2NO/c13-10-5-4-9(6-11(10)14)12(16)15-7-8-2-1-3-8/h4-6,8H,1-3,7H2,(H,15,16). The Bertz CT molecular complexity index is 402. The van der Waals surface area contributed by atoms with Gasteiger partial charge in [0.05, 0.1) is 10.0 Å². The molecular weight excluding hydrogens is 245 g/mol. The van der Waals surface area contributed by atoms with Crippen LogP contribution >= 0.6 is 23.2 Å². The molecule has 1 saturated carbocycles. The summed E-state index contributed by atoms with van der Waals surface area (Å²) in [6.45, 7) is 0.763. The molecule has 1 N–H and O–H groups in total. The fourth-order valence-corrected chi connectivity index (χ4v) is 1.97. The molecule has 1 amide bonds. The molecule has 1 aromatic carbocycles. The van der Waals surface area contributed by atoms with Gasteiger partial charge in [-0.05, 0) is 37.0 Å². The maximum absolute atomic E-state index is 11.7. The predicted octanol–water partition coefficient (Wildman–Crippen LogP) is 3.52. The van der Waals surface area contributed by atoms with E-state index in [0.717, 1.165) is 6.54 Å². The summed E-state index contributed by atoms with van der Waals surface area (Å²) in [6, 6.07) is 4.92. The van der Waals surface area contributed by atoms with Gasteiger partial charge in [0.1, 0.15) is 0 Å². The minimum atomic E-state index is -0.0783. The highest BCUT2D eigenvalue weighted by Crippen LogP contribution is 2.25. The molecule has 1 aliphatic carbocycles. The van der Waals surface area contributed by atoms with Crippen molar-refractivity contribution in [2.75, 3.05) is 6.54 Å². The van der Waals surface area contributed by atoms with Gasteiger partial charge < -0.3 is 5.32 Å². The van der Waals surface area contributed by atoms with E-state index in [4.69, 9.17) is 23.2 Å². The van der Waals surface area contributed by atoms with E-state index < -0.39 is 0 Å². The smallest absolute Gasteiger partial charge is 0.251 e. The van der Waals surface area contributed by atoms with Crippen molar-refractivity contribution >= 4 is 29.1 Å². The van der Waals surface area contributed by atoms with Gasteiger partial charge in [0, 0.05) is 12.1 Å². The van der Waals surface area contributed by atoms with Gasteiger partial charge in [-0.15, -0.1) is 0 Å². The highest BCUT2D eigenvalue weighted by Gasteiger charge is 2.18. The van der Waals surface area contributed by atoms with Crippen LogP contribution in [0, 0.1) is 5.92 Å². The molecule has 0 radical (unpaired) electrons. The average Bonchev–Trinajstić information content (AvgIpc) is 2.19. The molecule has 86 valence electrons. The van der Waals surface area contributed by atoms with Crippen LogP contribution in [0.3, 0.4) is 0 Å². The van der Waals surface area contributed by atoms with Crippen LogP contribution in [-0.4, -0.2) is 12.5 Å². The molecular formula is C12H13Cl2NO. The second-order valence-corrected chi connectivity index (χ2v) is 4.95. The molecule has 16 heavy (non-hydrogen) atoms. The van der Waals surface area contributed by atoms with Crippen LogP contribution in [0.15, 0.2) is 18.2 Å².